The molecule has 2 aliphatic rings. The van der Waals surface area contributed by atoms with Crippen LogP contribution in [0.3, 0.4) is 0 Å². The van der Waals surface area contributed by atoms with Gasteiger partial charge in [-0.15, -0.1) is 0 Å². The molecule has 2 aliphatic heterocycles. The maximum Gasteiger partial charge on any atom is 0.283 e. The molecule has 2 N–H and O–H groups in total. The number of nitrogens with zero attached hydrogens (tertiary/aromatic N) is 7. The van der Waals surface area contributed by atoms with Gasteiger partial charge in [0, 0.05) is 36.8 Å². The van der Waals surface area contributed by atoms with E-state index in [-0.39, 0.29) is 51.7 Å². The molecule has 5 aromatic rings. The predicted molar refractivity (Wildman–Crippen MR) is 188 cm³/mol. The van der Waals surface area contributed by atoms with Gasteiger partial charge >= 0.3 is 0 Å². The summed E-state index contributed by atoms with van der Waals surface area (Å²) < 4.78 is 30.7. The lowest BCUT2D eigenvalue weighted by molar-refractivity contribution is -0.133. The Labute approximate surface area is 288 Å². The Hall–Kier alpha value is -4.95. The van der Waals surface area contributed by atoms with Gasteiger partial charge in [0.1, 0.15) is 28.7 Å². The number of pyridine rings is 3. The van der Waals surface area contributed by atoms with Crippen molar-refractivity contribution in [2.45, 2.75) is 45.7 Å². The minimum atomic E-state index is -1.13. The summed E-state index contributed by atoms with van der Waals surface area (Å²) in [5.41, 5.74) is 8.89. The molecule has 2 unspecified atom stereocenters. The Balaban J connectivity index is 1.59. The molecule has 4 aromatic heterocycles. The molecule has 0 aliphatic carbocycles. The van der Waals surface area contributed by atoms with E-state index >= 15 is 0 Å². The number of hydrogen-bond donors (Lipinski definition) is 1. The number of benzene rings is 1. The van der Waals surface area contributed by atoms with Crippen LogP contribution in [-0.2, 0) is 9.59 Å². The van der Waals surface area contributed by atoms with Crippen LogP contribution in [0.25, 0.3) is 38.2 Å². The molecule has 0 spiro atoms. The fraction of sp³-hybridized carbons (Fsp3) is 0.294. The van der Waals surface area contributed by atoms with Crippen molar-refractivity contribution in [3.05, 3.63) is 75.3 Å². The highest BCUT2D eigenvalue weighted by atomic mass is 35.5. The first-order valence-corrected chi connectivity index (χ1v) is 16.7. The zero-order valence-corrected chi connectivity index (χ0v) is 28.8. The standard InChI is InChI=1S/C34H31ClF2N8O3S/c1-14(2)23-26(15(3)9-10-39-23)45-30-19(11-20(35)24(40-30)18-7-8-21(37)25-29(18)49-34(38)41-25)27-28(33(45)48)42(6)32(47)22-13-43(31(46)17(5)36)16(4)12-44(22)27/h7-11,14,16,22H,5,12-13H2,1-4,6H3,(H2,38,41). The lowest BCUT2D eigenvalue weighted by Gasteiger charge is -2.49. The van der Waals surface area contributed by atoms with Gasteiger partial charge in [0.05, 0.1) is 39.0 Å². The van der Waals surface area contributed by atoms with Crippen LogP contribution in [-0.4, -0.2) is 68.5 Å². The summed E-state index contributed by atoms with van der Waals surface area (Å²) in [5, 5.41) is 0.812. The first kappa shape index (κ1) is 32.6. The fourth-order valence-electron chi connectivity index (χ4n) is 6.91. The minimum Gasteiger partial charge on any atom is -0.375 e. The van der Waals surface area contributed by atoms with E-state index in [4.69, 9.17) is 22.3 Å². The summed E-state index contributed by atoms with van der Waals surface area (Å²) in [4.78, 5) is 59.8. The second kappa shape index (κ2) is 11.6. The fourth-order valence-corrected chi connectivity index (χ4v) is 8.03. The van der Waals surface area contributed by atoms with Crippen LogP contribution in [0, 0.1) is 12.7 Å². The van der Waals surface area contributed by atoms with Crippen LogP contribution in [0.5, 0.6) is 0 Å². The second-order valence-corrected chi connectivity index (χ2v) is 14.1. The van der Waals surface area contributed by atoms with E-state index in [2.05, 4.69) is 16.5 Å². The van der Waals surface area contributed by atoms with Crippen molar-refractivity contribution in [1.29, 1.82) is 0 Å². The van der Waals surface area contributed by atoms with Crippen molar-refractivity contribution >= 4 is 72.5 Å². The van der Waals surface area contributed by atoms with Crippen molar-refractivity contribution < 1.29 is 18.4 Å². The molecule has 49 heavy (non-hydrogen) atoms. The third kappa shape index (κ3) is 4.87. The molecular formula is C34H31ClF2N8O3S. The van der Waals surface area contributed by atoms with Crippen LogP contribution in [0.4, 0.5) is 25.3 Å². The highest BCUT2D eigenvalue weighted by Crippen LogP contribution is 2.45. The zero-order valence-electron chi connectivity index (χ0n) is 27.2. The number of amides is 2. The number of nitrogen functional groups attached to an aromatic ring is 1. The van der Waals surface area contributed by atoms with Crippen molar-refractivity contribution in [1.82, 2.24) is 24.4 Å². The van der Waals surface area contributed by atoms with Crippen molar-refractivity contribution in [2.75, 3.05) is 35.7 Å². The Morgan fingerprint density at radius 3 is 2.57 bits per heavy atom. The lowest BCUT2D eigenvalue weighted by atomic mass is 9.98. The molecule has 7 rings (SSSR count). The lowest BCUT2D eigenvalue weighted by Crippen LogP contribution is -2.66. The topological polar surface area (TPSA) is 131 Å². The average molecular weight is 705 g/mol. The number of aryl methyl sites for hydroxylation is 1. The van der Waals surface area contributed by atoms with Gasteiger partial charge in [0.2, 0.25) is 0 Å². The number of thiazole rings is 1. The molecule has 2 atom stereocenters. The van der Waals surface area contributed by atoms with E-state index in [9.17, 15) is 23.2 Å². The smallest absolute Gasteiger partial charge is 0.283 e. The van der Waals surface area contributed by atoms with Gasteiger partial charge in [0.25, 0.3) is 17.4 Å². The average Bonchev–Trinajstić information content (AvgIpc) is 3.45. The van der Waals surface area contributed by atoms with E-state index in [1.165, 1.54) is 27.5 Å². The number of nitrogens with two attached hydrogens (primary N) is 1. The van der Waals surface area contributed by atoms with Crippen molar-refractivity contribution in [2.24, 2.45) is 0 Å². The molecule has 0 bridgehead atoms. The number of rotatable bonds is 4. The summed E-state index contributed by atoms with van der Waals surface area (Å²) in [6.07, 6.45) is 1.67. The first-order valence-electron chi connectivity index (χ1n) is 15.5. The minimum absolute atomic E-state index is 0.0753. The number of halogens is 3. The van der Waals surface area contributed by atoms with Gasteiger partial charge < -0.3 is 20.4 Å². The highest BCUT2D eigenvalue weighted by Gasteiger charge is 2.46. The number of likely N-dealkylation sites (N-methyl/N-ethyl adjacent to an activating group) is 1. The number of carbonyl (C=O) groups excluding carboxylic acids is 2. The predicted octanol–water partition coefficient (Wildman–Crippen LogP) is 5.73. The molecule has 0 saturated carbocycles. The van der Waals surface area contributed by atoms with E-state index < -0.39 is 41.1 Å². The summed E-state index contributed by atoms with van der Waals surface area (Å²) >= 11 is 8.13. The monoisotopic (exact) mass is 704 g/mol. The van der Waals surface area contributed by atoms with Crippen LogP contribution in [0.2, 0.25) is 5.02 Å². The molecule has 11 nitrogen and oxygen atoms in total. The third-order valence-electron chi connectivity index (χ3n) is 9.21. The molecule has 1 fully saturated rings. The number of piperazine rings is 1. The van der Waals surface area contributed by atoms with E-state index in [0.717, 1.165) is 16.9 Å². The summed E-state index contributed by atoms with van der Waals surface area (Å²) in [6, 6.07) is 4.81. The third-order valence-corrected chi connectivity index (χ3v) is 10.4. The molecule has 6 heterocycles. The van der Waals surface area contributed by atoms with Crippen molar-refractivity contribution in [3.8, 4) is 16.9 Å². The second-order valence-electron chi connectivity index (χ2n) is 12.6. The number of hydrogen-bond acceptors (Lipinski definition) is 9. The van der Waals surface area contributed by atoms with Gasteiger partial charge in [-0.25, -0.2) is 18.7 Å². The van der Waals surface area contributed by atoms with Crippen LogP contribution in [0.15, 0.2) is 47.7 Å². The van der Waals surface area contributed by atoms with Crippen molar-refractivity contribution in [3.63, 3.8) is 0 Å². The molecule has 2 amide bonds. The SMILES string of the molecule is C=C(F)C(=O)N1CC2C(=O)N(C)c3c(c4cc(Cl)c(-c5ccc(F)c6nc(N)sc56)nc4n(-c4c(C)ccnc4C(C)C)c3=O)N2CC1C. The highest BCUT2D eigenvalue weighted by molar-refractivity contribution is 7.22. The maximum absolute atomic E-state index is 15.0. The molecule has 1 saturated heterocycles. The van der Waals surface area contributed by atoms with Crippen LogP contribution >= 0.6 is 22.9 Å². The number of aromatic nitrogens is 4. The summed E-state index contributed by atoms with van der Waals surface area (Å²) in [6.45, 7) is 10.7. The van der Waals surface area contributed by atoms with E-state index in [1.54, 1.807) is 36.2 Å². The summed E-state index contributed by atoms with van der Waals surface area (Å²) in [5.74, 6) is -3.12. The quantitative estimate of drug-likeness (QED) is 0.235. The number of anilines is 3. The molecule has 252 valence electrons. The normalized spacial score (nSPS) is 17.7. The van der Waals surface area contributed by atoms with Gasteiger partial charge in [-0.2, -0.15) is 0 Å². The van der Waals surface area contributed by atoms with E-state index in [0.29, 0.717) is 32.7 Å². The molecule has 0 radical (unpaired) electrons. The van der Waals surface area contributed by atoms with Gasteiger partial charge in [-0.05, 0) is 49.6 Å². The van der Waals surface area contributed by atoms with Crippen LogP contribution in [0.1, 0.15) is 37.9 Å². The van der Waals surface area contributed by atoms with Gasteiger partial charge in [-0.1, -0.05) is 43.4 Å². The molecular weight excluding hydrogens is 674 g/mol. The maximum atomic E-state index is 15.0. The Morgan fingerprint density at radius 2 is 1.88 bits per heavy atom. The summed E-state index contributed by atoms with van der Waals surface area (Å²) in [7, 11) is 1.50. The Kier molecular flexibility index (Phi) is 7.71. The van der Waals surface area contributed by atoms with E-state index in [1.807, 2.05) is 20.8 Å². The van der Waals surface area contributed by atoms with Gasteiger partial charge in [0.15, 0.2) is 11.0 Å². The Bertz CT molecular complexity index is 2340. The van der Waals surface area contributed by atoms with Gasteiger partial charge in [-0.3, -0.25) is 23.9 Å². The number of carbonyl (C=O) groups is 2. The van der Waals surface area contributed by atoms with Crippen LogP contribution < -0.4 is 21.1 Å². The number of fused-ring (bicyclic) bond motifs is 6. The Morgan fingerprint density at radius 1 is 1.14 bits per heavy atom. The largest absolute Gasteiger partial charge is 0.375 e. The zero-order chi connectivity index (χ0) is 35.2. The first-order chi connectivity index (χ1) is 23.2. The molecule has 15 heteroatoms. The molecule has 1 aromatic carbocycles.